The average molecular weight is 720 g/mol. The zero-order chi connectivity index (χ0) is 36.3. The highest BCUT2D eigenvalue weighted by atomic mass is 16.7. The Labute approximate surface area is 289 Å². The lowest BCUT2D eigenvalue weighted by atomic mass is 9.84. The van der Waals surface area contributed by atoms with Crippen molar-refractivity contribution in [2.45, 2.75) is 130 Å². The Morgan fingerprint density at radius 3 is 1.96 bits per heavy atom. The fraction of sp³-hybridized carbons (Fsp3) is 0.806. The Balaban J connectivity index is 1.24. The molecule has 0 bridgehead atoms. The molecule has 16 N–H and O–H groups in total. The van der Waals surface area contributed by atoms with Gasteiger partial charge in [-0.05, 0) is 24.1 Å². The highest BCUT2D eigenvalue weighted by Gasteiger charge is 2.52. The molecule has 3 saturated heterocycles. The molecule has 3 heterocycles. The number of aliphatic hydroxyl groups excluding tert-OH is 6. The molecule has 0 radical (unpaired) electrons. The maximum atomic E-state index is 11.2. The van der Waals surface area contributed by atoms with Crippen molar-refractivity contribution < 1.29 is 68.5 Å². The van der Waals surface area contributed by atoms with Crippen LogP contribution in [-0.2, 0) is 39.8 Å². The summed E-state index contributed by atoms with van der Waals surface area (Å²) in [5.74, 6) is 0.669. The van der Waals surface area contributed by atoms with E-state index in [0.717, 1.165) is 5.56 Å². The van der Waals surface area contributed by atoms with Gasteiger partial charge < -0.3 is 97.2 Å². The highest BCUT2D eigenvalue weighted by molar-refractivity contribution is 5.26. The number of nitrogens with two attached hydrogens (primary N) is 5. The van der Waals surface area contributed by atoms with Gasteiger partial charge in [-0.2, -0.15) is 0 Å². The van der Waals surface area contributed by atoms with Crippen LogP contribution in [0.2, 0.25) is 0 Å². The van der Waals surface area contributed by atoms with Crippen LogP contribution in [0.15, 0.2) is 24.3 Å². The van der Waals surface area contributed by atoms with Gasteiger partial charge in [0, 0.05) is 25.0 Å². The Morgan fingerprint density at radius 2 is 1.32 bits per heavy atom. The first kappa shape index (κ1) is 39.5. The summed E-state index contributed by atoms with van der Waals surface area (Å²) in [6.45, 7) is -1.04. The van der Waals surface area contributed by atoms with Gasteiger partial charge >= 0.3 is 0 Å². The number of rotatable bonds is 13. The van der Waals surface area contributed by atoms with Crippen LogP contribution in [0.1, 0.15) is 18.4 Å². The molecule has 3 aliphatic heterocycles. The van der Waals surface area contributed by atoms with Crippen LogP contribution in [-0.4, -0.2) is 168 Å². The van der Waals surface area contributed by atoms with E-state index < -0.39 is 123 Å². The second-order valence-electron chi connectivity index (χ2n) is 13.2. The molecule has 1 aromatic carbocycles. The zero-order valence-corrected chi connectivity index (χ0v) is 27.8. The number of benzene rings is 1. The fourth-order valence-electron chi connectivity index (χ4n) is 6.78. The van der Waals surface area contributed by atoms with E-state index in [-0.39, 0.29) is 26.0 Å². The Bertz CT molecular complexity index is 1190. The average Bonchev–Trinajstić information content (AvgIpc) is 3.51. The minimum atomic E-state index is -1.38. The SMILES string of the molecule is COc1ccc(CO[C@@H]2C(CO)OC(OC3C(N)C[C@@H](N)C(O)C3OC3CC(O[C@H]4OC(CN)C(O)C(O)C4N)[C@@H](CO)O3)C(N)C2O)cc1. The van der Waals surface area contributed by atoms with E-state index in [0.29, 0.717) is 5.75 Å². The Morgan fingerprint density at radius 1 is 0.680 bits per heavy atom. The first-order chi connectivity index (χ1) is 23.9. The molecule has 286 valence electrons. The van der Waals surface area contributed by atoms with E-state index in [2.05, 4.69) is 0 Å². The zero-order valence-electron chi connectivity index (χ0n) is 27.8. The smallest absolute Gasteiger partial charge is 0.176 e. The van der Waals surface area contributed by atoms with Crippen LogP contribution in [0.4, 0.5) is 0 Å². The molecule has 19 nitrogen and oxygen atoms in total. The molecule has 19 heteroatoms. The molecule has 1 aromatic rings. The highest BCUT2D eigenvalue weighted by Crippen LogP contribution is 2.34. The van der Waals surface area contributed by atoms with E-state index in [4.69, 9.17) is 66.6 Å². The first-order valence-corrected chi connectivity index (χ1v) is 16.7. The first-order valence-electron chi connectivity index (χ1n) is 16.7. The molecule has 50 heavy (non-hydrogen) atoms. The van der Waals surface area contributed by atoms with Crippen molar-refractivity contribution in [3.05, 3.63) is 29.8 Å². The second kappa shape index (κ2) is 17.4. The van der Waals surface area contributed by atoms with Gasteiger partial charge in [-0.1, -0.05) is 12.1 Å². The number of hydrogen-bond acceptors (Lipinski definition) is 19. The summed E-state index contributed by atoms with van der Waals surface area (Å²) in [6.07, 6.45) is -15.8. The third kappa shape index (κ3) is 8.57. The van der Waals surface area contributed by atoms with E-state index in [1.165, 1.54) is 0 Å². The summed E-state index contributed by atoms with van der Waals surface area (Å²) in [7, 11) is 1.56. The molecule has 0 aromatic heterocycles. The molecule has 1 saturated carbocycles. The van der Waals surface area contributed by atoms with Crippen molar-refractivity contribution in [1.29, 1.82) is 0 Å². The van der Waals surface area contributed by atoms with E-state index in [1.807, 2.05) is 0 Å². The Hall–Kier alpha value is -1.70. The fourth-order valence-corrected chi connectivity index (χ4v) is 6.78. The summed E-state index contributed by atoms with van der Waals surface area (Å²) in [4.78, 5) is 0. The minimum Gasteiger partial charge on any atom is -0.497 e. The summed E-state index contributed by atoms with van der Waals surface area (Å²) in [6, 6.07) is 3.23. The lowest BCUT2D eigenvalue weighted by Gasteiger charge is -2.47. The molecule has 0 amide bonds. The van der Waals surface area contributed by atoms with Crippen LogP contribution in [0.3, 0.4) is 0 Å². The van der Waals surface area contributed by atoms with Crippen LogP contribution in [0.5, 0.6) is 5.75 Å². The maximum absolute atomic E-state index is 11.2. The maximum Gasteiger partial charge on any atom is 0.176 e. The topological polar surface area (TPSA) is 325 Å². The number of ether oxygens (including phenoxy) is 8. The van der Waals surface area contributed by atoms with Crippen molar-refractivity contribution in [1.82, 2.24) is 0 Å². The van der Waals surface area contributed by atoms with Gasteiger partial charge in [0.05, 0.1) is 51.2 Å². The standard InChI is InChI=1S/C31H53N5O14/c1-43-13-4-2-12(3-5-13)11-44-28-19(10-38)48-31(22(36)26(28)42)50-27-15(34)6-14(33)23(39)29(27)49-20-7-16(18(9-37)45-20)46-30-21(35)25(41)24(40)17(8-32)47-30/h2-5,14-31,37-42H,6-11,32-36H2,1H3/t14-,15?,16?,17?,18-,19?,20?,21?,22?,23?,24?,25?,26?,27?,28-,29?,30+,31?/m1/s1. The van der Waals surface area contributed by atoms with Crippen LogP contribution in [0.25, 0.3) is 0 Å². The Kier molecular flexibility index (Phi) is 13.8. The summed E-state index contributed by atoms with van der Waals surface area (Å²) in [5, 5.41) is 63.1. The predicted molar refractivity (Wildman–Crippen MR) is 171 cm³/mol. The largest absolute Gasteiger partial charge is 0.497 e. The second-order valence-corrected chi connectivity index (χ2v) is 13.2. The van der Waals surface area contributed by atoms with Crippen LogP contribution < -0.4 is 33.4 Å². The molecule has 1 aliphatic carbocycles. The molecule has 4 aliphatic rings. The molecule has 14 unspecified atom stereocenters. The molecule has 18 atom stereocenters. The van der Waals surface area contributed by atoms with Crippen molar-refractivity contribution in [3.8, 4) is 5.75 Å². The lowest BCUT2D eigenvalue weighted by Crippen LogP contribution is -2.68. The molecular weight excluding hydrogens is 666 g/mol. The number of aliphatic hydroxyl groups is 6. The molecule has 5 rings (SSSR count). The van der Waals surface area contributed by atoms with Crippen LogP contribution in [0, 0.1) is 0 Å². The third-order valence-corrected chi connectivity index (χ3v) is 9.80. The number of hydrogen-bond donors (Lipinski definition) is 11. The normalized spacial score (nSPS) is 45.4. The van der Waals surface area contributed by atoms with Gasteiger partial charge in [0.25, 0.3) is 0 Å². The van der Waals surface area contributed by atoms with Gasteiger partial charge in [-0.15, -0.1) is 0 Å². The monoisotopic (exact) mass is 719 g/mol. The predicted octanol–water partition coefficient (Wildman–Crippen LogP) is -5.60. The van der Waals surface area contributed by atoms with Crippen LogP contribution >= 0.6 is 0 Å². The van der Waals surface area contributed by atoms with Gasteiger partial charge in [-0.3, -0.25) is 0 Å². The van der Waals surface area contributed by atoms with Crippen molar-refractivity contribution in [3.63, 3.8) is 0 Å². The van der Waals surface area contributed by atoms with Gasteiger partial charge in [-0.25, -0.2) is 0 Å². The quantitative estimate of drug-likeness (QED) is 0.0905. The summed E-state index contributed by atoms with van der Waals surface area (Å²) < 4.78 is 47.0. The van der Waals surface area contributed by atoms with Crippen molar-refractivity contribution in [2.75, 3.05) is 26.9 Å². The summed E-state index contributed by atoms with van der Waals surface area (Å²) >= 11 is 0. The van der Waals surface area contributed by atoms with Crippen molar-refractivity contribution >= 4 is 0 Å². The third-order valence-electron chi connectivity index (χ3n) is 9.80. The molecular formula is C31H53N5O14. The van der Waals surface area contributed by atoms with E-state index in [9.17, 15) is 30.6 Å². The van der Waals surface area contributed by atoms with Gasteiger partial charge in [0.1, 0.15) is 60.7 Å². The number of methoxy groups -OCH3 is 1. The van der Waals surface area contributed by atoms with E-state index >= 15 is 0 Å². The van der Waals surface area contributed by atoms with Crippen molar-refractivity contribution in [2.24, 2.45) is 28.7 Å². The van der Waals surface area contributed by atoms with Gasteiger partial charge in [0.2, 0.25) is 0 Å². The lowest BCUT2D eigenvalue weighted by molar-refractivity contribution is -0.312. The van der Waals surface area contributed by atoms with E-state index in [1.54, 1.807) is 31.4 Å². The minimum absolute atomic E-state index is 0.0160. The molecule has 4 fully saturated rings. The molecule has 0 spiro atoms. The summed E-state index contributed by atoms with van der Waals surface area (Å²) in [5.41, 5.74) is 31.6. The van der Waals surface area contributed by atoms with Gasteiger partial charge in [0.15, 0.2) is 18.9 Å².